The maximum absolute atomic E-state index is 11.3. The molecule has 0 amide bonds. The van der Waals surface area contributed by atoms with Crippen LogP contribution in [-0.2, 0) is 17.8 Å². The largest absolute Gasteiger partial charge is 0.480 e. The lowest BCUT2D eigenvalue weighted by atomic mass is 10.3. The van der Waals surface area contributed by atoms with Gasteiger partial charge in [-0.2, -0.15) is 0 Å². The number of carbonyl (C=O) groups is 1. The molecule has 0 aliphatic heterocycles. The minimum absolute atomic E-state index is 0.184. The van der Waals surface area contributed by atoms with Gasteiger partial charge in [-0.3, -0.25) is 14.2 Å². The summed E-state index contributed by atoms with van der Waals surface area (Å²) in [6.45, 7) is 3.49. The normalized spacial score (nSPS) is 10.3. The van der Waals surface area contributed by atoms with Crippen molar-refractivity contribution in [2.24, 2.45) is 0 Å². The van der Waals surface area contributed by atoms with Crippen LogP contribution in [0.5, 0.6) is 0 Å². The van der Waals surface area contributed by atoms with Crippen LogP contribution in [0.3, 0.4) is 0 Å². The number of aromatic nitrogens is 1. The lowest BCUT2D eigenvalue weighted by Gasteiger charge is -2.00. The lowest BCUT2D eigenvalue weighted by molar-refractivity contribution is -0.137. The number of carboxylic acids is 1. The molecule has 0 saturated heterocycles. The first-order valence-corrected chi connectivity index (χ1v) is 4.78. The number of hydrogen-bond donors (Lipinski definition) is 1. The fourth-order valence-electron chi connectivity index (χ4n) is 1.17. The number of hydrogen-bond acceptors (Lipinski definition) is 3. The second-order valence-corrected chi connectivity index (χ2v) is 3.76. The molecular weight excluding hydrogens is 190 g/mol. The van der Waals surface area contributed by atoms with Crippen molar-refractivity contribution in [3.63, 3.8) is 0 Å². The molecule has 1 aromatic heterocycles. The highest BCUT2D eigenvalue weighted by Crippen LogP contribution is 2.11. The third-order valence-corrected chi connectivity index (χ3v) is 3.08. The summed E-state index contributed by atoms with van der Waals surface area (Å²) >= 11 is 1.13. The minimum atomic E-state index is -0.981. The zero-order chi connectivity index (χ0) is 10.0. The molecule has 4 nitrogen and oxygen atoms in total. The van der Waals surface area contributed by atoms with Gasteiger partial charge in [0.1, 0.15) is 6.54 Å². The van der Waals surface area contributed by atoms with E-state index in [-0.39, 0.29) is 11.4 Å². The molecule has 0 bridgehead atoms. The van der Waals surface area contributed by atoms with E-state index in [0.29, 0.717) is 0 Å². The fourth-order valence-corrected chi connectivity index (χ4v) is 2.09. The summed E-state index contributed by atoms with van der Waals surface area (Å²) in [5.41, 5.74) is 0.778. The highest BCUT2D eigenvalue weighted by Gasteiger charge is 2.11. The number of nitrogens with zero attached hydrogens (tertiary/aromatic N) is 1. The van der Waals surface area contributed by atoms with E-state index in [1.54, 1.807) is 6.92 Å². The Morgan fingerprint density at radius 1 is 1.62 bits per heavy atom. The molecule has 0 aromatic carbocycles. The molecule has 0 spiro atoms. The van der Waals surface area contributed by atoms with Gasteiger partial charge in [0, 0.05) is 10.6 Å². The molecule has 1 rings (SSSR count). The Morgan fingerprint density at radius 2 is 2.23 bits per heavy atom. The Bertz CT molecular complexity index is 377. The monoisotopic (exact) mass is 201 g/mol. The average Bonchev–Trinajstić information content (AvgIpc) is 2.31. The van der Waals surface area contributed by atoms with Crippen molar-refractivity contribution in [2.45, 2.75) is 26.8 Å². The highest BCUT2D eigenvalue weighted by atomic mass is 32.1. The summed E-state index contributed by atoms with van der Waals surface area (Å²) in [6.07, 6.45) is 0.776. The fraction of sp³-hybridized carbons (Fsp3) is 0.500. The molecule has 0 saturated carbocycles. The predicted molar refractivity (Wildman–Crippen MR) is 50.3 cm³/mol. The van der Waals surface area contributed by atoms with E-state index in [0.717, 1.165) is 28.3 Å². The van der Waals surface area contributed by atoms with Crippen LogP contribution in [0.15, 0.2) is 4.79 Å². The molecule has 1 heterocycles. The van der Waals surface area contributed by atoms with Gasteiger partial charge in [-0.05, 0) is 13.3 Å². The molecule has 13 heavy (non-hydrogen) atoms. The SMILES string of the molecule is CCc1sc(=O)n(CC(=O)O)c1C. The number of carboxylic acid groups (broad SMARTS) is 1. The van der Waals surface area contributed by atoms with E-state index < -0.39 is 5.97 Å². The summed E-state index contributed by atoms with van der Waals surface area (Å²) in [7, 11) is 0. The van der Waals surface area contributed by atoms with Crippen LogP contribution < -0.4 is 4.87 Å². The Morgan fingerprint density at radius 3 is 2.62 bits per heavy atom. The van der Waals surface area contributed by atoms with Crippen molar-refractivity contribution in [3.8, 4) is 0 Å². The van der Waals surface area contributed by atoms with Crippen LogP contribution in [0, 0.1) is 6.92 Å². The summed E-state index contributed by atoms with van der Waals surface area (Å²) < 4.78 is 1.30. The first kappa shape index (κ1) is 9.98. The smallest absolute Gasteiger partial charge is 0.323 e. The van der Waals surface area contributed by atoms with Crippen molar-refractivity contribution >= 4 is 17.3 Å². The maximum atomic E-state index is 11.3. The number of rotatable bonds is 3. The second kappa shape index (κ2) is 3.74. The van der Waals surface area contributed by atoms with Gasteiger partial charge >= 0.3 is 10.8 Å². The molecule has 0 atom stereocenters. The molecule has 5 heteroatoms. The van der Waals surface area contributed by atoms with Crippen LogP contribution in [0.1, 0.15) is 17.5 Å². The summed E-state index contributed by atoms with van der Waals surface area (Å²) in [5, 5.41) is 8.54. The Labute approximate surface area is 79.4 Å². The Kier molecular flexibility index (Phi) is 2.87. The van der Waals surface area contributed by atoms with Crippen molar-refractivity contribution in [1.29, 1.82) is 0 Å². The van der Waals surface area contributed by atoms with Gasteiger partial charge < -0.3 is 5.11 Å². The zero-order valence-corrected chi connectivity index (χ0v) is 8.35. The van der Waals surface area contributed by atoms with Gasteiger partial charge in [-0.1, -0.05) is 18.3 Å². The first-order valence-electron chi connectivity index (χ1n) is 3.97. The molecule has 72 valence electrons. The highest BCUT2D eigenvalue weighted by molar-refractivity contribution is 7.09. The van der Waals surface area contributed by atoms with Crippen molar-refractivity contribution in [1.82, 2.24) is 4.57 Å². The van der Waals surface area contributed by atoms with Crippen LogP contribution >= 0.6 is 11.3 Å². The van der Waals surface area contributed by atoms with E-state index >= 15 is 0 Å². The summed E-state index contributed by atoms with van der Waals surface area (Å²) in [5.74, 6) is -0.981. The van der Waals surface area contributed by atoms with Crippen LogP contribution in [-0.4, -0.2) is 15.6 Å². The van der Waals surface area contributed by atoms with Crippen LogP contribution in [0.2, 0.25) is 0 Å². The standard InChI is InChI=1S/C8H11NO3S/c1-3-6-5(2)9(4-7(10)11)8(12)13-6/h3-4H2,1-2H3,(H,10,11). The topological polar surface area (TPSA) is 59.3 Å². The minimum Gasteiger partial charge on any atom is -0.480 e. The van der Waals surface area contributed by atoms with Gasteiger partial charge in [-0.25, -0.2) is 0 Å². The molecule has 0 aliphatic rings. The summed E-state index contributed by atoms with van der Waals surface area (Å²) in [6, 6.07) is 0. The van der Waals surface area contributed by atoms with Crippen molar-refractivity contribution in [3.05, 3.63) is 20.2 Å². The predicted octanol–water partition coefficient (Wildman–Crippen LogP) is 0.865. The molecule has 0 unspecified atom stereocenters. The average molecular weight is 201 g/mol. The molecule has 1 N–H and O–H groups in total. The maximum Gasteiger partial charge on any atom is 0.323 e. The van der Waals surface area contributed by atoms with Gasteiger partial charge in [0.05, 0.1) is 0 Å². The number of thiazole rings is 1. The van der Waals surface area contributed by atoms with E-state index in [1.807, 2.05) is 6.92 Å². The molecule has 0 aliphatic carbocycles. The van der Waals surface area contributed by atoms with Gasteiger partial charge in [0.2, 0.25) is 0 Å². The zero-order valence-electron chi connectivity index (χ0n) is 7.53. The second-order valence-electron chi connectivity index (χ2n) is 2.71. The lowest BCUT2D eigenvalue weighted by Crippen LogP contribution is -2.20. The van der Waals surface area contributed by atoms with Gasteiger partial charge in [0.15, 0.2) is 0 Å². The molecule has 1 aromatic rings. The van der Waals surface area contributed by atoms with Crippen LogP contribution in [0.25, 0.3) is 0 Å². The number of aryl methyl sites for hydroxylation is 1. The molecule has 0 radical (unpaired) electrons. The van der Waals surface area contributed by atoms with Crippen molar-refractivity contribution in [2.75, 3.05) is 0 Å². The molecule has 0 fully saturated rings. The Hall–Kier alpha value is -1.10. The van der Waals surface area contributed by atoms with Gasteiger partial charge in [-0.15, -0.1) is 0 Å². The van der Waals surface area contributed by atoms with Crippen LogP contribution in [0.4, 0.5) is 0 Å². The quantitative estimate of drug-likeness (QED) is 0.789. The Balaban J connectivity index is 3.13. The third-order valence-electron chi connectivity index (χ3n) is 1.85. The van der Waals surface area contributed by atoms with E-state index in [2.05, 4.69) is 0 Å². The van der Waals surface area contributed by atoms with E-state index in [4.69, 9.17) is 5.11 Å². The number of aliphatic carboxylic acids is 1. The van der Waals surface area contributed by atoms with Gasteiger partial charge in [0.25, 0.3) is 0 Å². The van der Waals surface area contributed by atoms with Crippen molar-refractivity contribution < 1.29 is 9.90 Å². The van der Waals surface area contributed by atoms with E-state index in [1.165, 1.54) is 4.57 Å². The van der Waals surface area contributed by atoms with E-state index in [9.17, 15) is 9.59 Å². The summed E-state index contributed by atoms with van der Waals surface area (Å²) in [4.78, 5) is 22.5. The third kappa shape index (κ3) is 1.98. The molecular formula is C8H11NO3S. The first-order chi connectivity index (χ1) is 6.06.